The van der Waals surface area contributed by atoms with E-state index in [1.807, 2.05) is 26.0 Å². The van der Waals surface area contributed by atoms with Crippen molar-refractivity contribution in [2.75, 3.05) is 0 Å². The summed E-state index contributed by atoms with van der Waals surface area (Å²) >= 11 is 6.06. The quantitative estimate of drug-likeness (QED) is 0.801. The van der Waals surface area contributed by atoms with Crippen molar-refractivity contribution in [3.05, 3.63) is 35.0 Å². The van der Waals surface area contributed by atoms with Crippen LogP contribution >= 0.6 is 11.6 Å². The summed E-state index contributed by atoms with van der Waals surface area (Å²) in [6, 6.07) is 4.59. The van der Waals surface area contributed by atoms with E-state index in [2.05, 4.69) is 4.98 Å². The maximum atomic E-state index is 10.7. The number of aliphatic carboxylic acids is 1. The molecule has 0 saturated heterocycles. The zero-order valence-electron chi connectivity index (χ0n) is 10.4. The van der Waals surface area contributed by atoms with Gasteiger partial charge in [-0.05, 0) is 17.7 Å². The third-order valence-electron chi connectivity index (χ3n) is 2.49. The number of fused-ring (bicyclic) bond motifs is 1. The van der Waals surface area contributed by atoms with Gasteiger partial charge in [-0.15, -0.1) is 0 Å². The van der Waals surface area contributed by atoms with Crippen molar-refractivity contribution in [2.45, 2.75) is 26.3 Å². The van der Waals surface area contributed by atoms with E-state index < -0.39 is 12.0 Å². The number of hydrogen-bond donors (Lipinski definition) is 3. The fraction of sp³-hybridized carbons (Fsp3) is 0.308. The van der Waals surface area contributed by atoms with Crippen LogP contribution in [-0.4, -0.2) is 22.1 Å². The van der Waals surface area contributed by atoms with Gasteiger partial charge in [0.15, 0.2) is 0 Å². The number of nitrogens with one attached hydrogen (secondary N) is 1. The first-order valence-electron chi connectivity index (χ1n) is 5.82. The lowest BCUT2D eigenvalue weighted by Crippen LogP contribution is -2.32. The van der Waals surface area contributed by atoms with Gasteiger partial charge in [0.25, 0.3) is 0 Å². The number of aromatic amines is 1. The van der Waals surface area contributed by atoms with Crippen LogP contribution in [0.1, 0.15) is 19.4 Å². The molecule has 2 aromatic rings. The van der Waals surface area contributed by atoms with Gasteiger partial charge in [-0.25, -0.2) is 0 Å². The predicted molar refractivity (Wildman–Crippen MR) is 74.0 cm³/mol. The molecule has 1 aromatic carbocycles. The number of benzene rings is 1. The van der Waals surface area contributed by atoms with Crippen molar-refractivity contribution < 1.29 is 9.90 Å². The summed E-state index contributed by atoms with van der Waals surface area (Å²) in [6.45, 7) is 4.00. The Bertz CT molecular complexity index is 537. The number of H-pyrrole nitrogens is 1. The lowest BCUT2D eigenvalue weighted by Gasteiger charge is -2.05. The molecule has 1 unspecified atom stereocenters. The fourth-order valence-corrected chi connectivity index (χ4v) is 1.99. The Labute approximate surface area is 111 Å². The zero-order valence-corrected chi connectivity index (χ0v) is 11.2. The van der Waals surface area contributed by atoms with Crippen LogP contribution in [-0.2, 0) is 11.2 Å². The predicted octanol–water partition coefficient (Wildman–Crippen LogP) is 2.80. The van der Waals surface area contributed by atoms with Crippen molar-refractivity contribution in [1.29, 1.82) is 0 Å². The summed E-state index contributed by atoms with van der Waals surface area (Å²) < 4.78 is 0. The first kappa shape index (κ1) is 14.5. The van der Waals surface area contributed by atoms with E-state index in [0.717, 1.165) is 16.5 Å². The van der Waals surface area contributed by atoms with Crippen LogP contribution in [0.3, 0.4) is 0 Å². The van der Waals surface area contributed by atoms with Crippen LogP contribution < -0.4 is 5.73 Å². The van der Waals surface area contributed by atoms with Crippen molar-refractivity contribution in [3.8, 4) is 0 Å². The van der Waals surface area contributed by atoms with Crippen molar-refractivity contribution in [3.63, 3.8) is 0 Å². The highest BCUT2D eigenvalue weighted by Gasteiger charge is 2.15. The second-order valence-corrected chi connectivity index (χ2v) is 4.03. The van der Waals surface area contributed by atoms with E-state index in [9.17, 15) is 4.79 Å². The molecule has 0 bridgehead atoms. The van der Waals surface area contributed by atoms with E-state index in [-0.39, 0.29) is 6.42 Å². The van der Waals surface area contributed by atoms with Crippen molar-refractivity contribution >= 4 is 28.5 Å². The molecule has 2 rings (SSSR count). The maximum Gasteiger partial charge on any atom is 0.320 e. The van der Waals surface area contributed by atoms with E-state index in [4.69, 9.17) is 22.4 Å². The average Bonchev–Trinajstić information content (AvgIpc) is 2.76. The van der Waals surface area contributed by atoms with Crippen LogP contribution in [0.4, 0.5) is 0 Å². The molecule has 98 valence electrons. The first-order valence-corrected chi connectivity index (χ1v) is 6.20. The standard InChI is InChI=1S/C11H11ClN2O2.C2H6/c12-7-2-1-3-9-10(7)6(5-14-9)4-8(13)11(15)16;1-2/h1-3,5,8,14H,4,13H2,(H,15,16);1-2H3. The van der Waals surface area contributed by atoms with Gasteiger partial charge < -0.3 is 15.8 Å². The fourth-order valence-electron chi connectivity index (χ4n) is 1.69. The van der Waals surface area contributed by atoms with Crippen LogP contribution in [0.2, 0.25) is 5.02 Å². The Morgan fingerprint density at radius 1 is 1.50 bits per heavy atom. The molecule has 0 aliphatic rings. The van der Waals surface area contributed by atoms with Gasteiger partial charge in [0.1, 0.15) is 6.04 Å². The molecule has 0 amide bonds. The molecule has 0 fully saturated rings. The Kier molecular flexibility index (Phi) is 5.19. The topological polar surface area (TPSA) is 79.1 Å². The highest BCUT2D eigenvalue weighted by Crippen LogP contribution is 2.27. The van der Waals surface area contributed by atoms with E-state index in [1.54, 1.807) is 12.3 Å². The minimum Gasteiger partial charge on any atom is -0.480 e. The minimum absolute atomic E-state index is 0.263. The van der Waals surface area contributed by atoms with Gasteiger partial charge in [0, 0.05) is 23.5 Å². The molecule has 0 saturated carbocycles. The largest absolute Gasteiger partial charge is 0.480 e. The Balaban J connectivity index is 0.000000771. The lowest BCUT2D eigenvalue weighted by molar-refractivity contribution is -0.138. The van der Waals surface area contributed by atoms with Gasteiger partial charge in [0.2, 0.25) is 0 Å². The number of hydrogen-bond acceptors (Lipinski definition) is 2. The van der Waals surface area contributed by atoms with Gasteiger partial charge in [-0.1, -0.05) is 31.5 Å². The molecule has 1 aromatic heterocycles. The van der Waals surface area contributed by atoms with Crippen LogP contribution in [0, 0.1) is 0 Å². The third kappa shape index (κ3) is 3.03. The first-order chi connectivity index (χ1) is 8.59. The normalized spacial score (nSPS) is 11.8. The third-order valence-corrected chi connectivity index (χ3v) is 2.81. The number of carbonyl (C=O) groups is 1. The molecular weight excluding hydrogens is 252 g/mol. The molecule has 5 heteroatoms. The number of aromatic nitrogens is 1. The summed E-state index contributed by atoms with van der Waals surface area (Å²) in [5.41, 5.74) is 7.21. The van der Waals surface area contributed by atoms with Gasteiger partial charge in [-0.3, -0.25) is 4.79 Å². The SMILES string of the molecule is CC.NC(Cc1c[nH]c2cccc(Cl)c12)C(=O)O. The summed E-state index contributed by atoms with van der Waals surface area (Å²) in [7, 11) is 0. The van der Waals surface area contributed by atoms with Crippen LogP contribution in [0.5, 0.6) is 0 Å². The average molecular weight is 269 g/mol. The Morgan fingerprint density at radius 3 is 2.78 bits per heavy atom. The monoisotopic (exact) mass is 268 g/mol. The Morgan fingerprint density at radius 2 is 2.17 bits per heavy atom. The second kappa shape index (κ2) is 6.42. The number of carboxylic acid groups (broad SMARTS) is 1. The van der Waals surface area contributed by atoms with Crippen LogP contribution in [0.25, 0.3) is 10.9 Å². The molecule has 0 aliphatic carbocycles. The number of carboxylic acids is 1. The number of rotatable bonds is 3. The molecule has 0 radical (unpaired) electrons. The summed E-state index contributed by atoms with van der Waals surface area (Å²) in [5, 5.41) is 10.2. The molecular formula is C13H17ClN2O2. The molecule has 4 nitrogen and oxygen atoms in total. The molecule has 1 atom stereocenters. The smallest absolute Gasteiger partial charge is 0.320 e. The minimum atomic E-state index is -1.01. The summed E-state index contributed by atoms with van der Waals surface area (Å²) in [6.07, 6.45) is 2.01. The molecule has 18 heavy (non-hydrogen) atoms. The van der Waals surface area contributed by atoms with Crippen molar-refractivity contribution in [1.82, 2.24) is 4.98 Å². The van der Waals surface area contributed by atoms with E-state index >= 15 is 0 Å². The Hall–Kier alpha value is -1.52. The molecule has 1 heterocycles. The number of halogens is 1. The van der Waals surface area contributed by atoms with Gasteiger partial charge in [0.05, 0.1) is 5.02 Å². The van der Waals surface area contributed by atoms with Crippen molar-refractivity contribution in [2.24, 2.45) is 5.73 Å². The summed E-state index contributed by atoms with van der Waals surface area (Å²) in [5.74, 6) is -1.01. The van der Waals surface area contributed by atoms with E-state index in [1.165, 1.54) is 0 Å². The van der Waals surface area contributed by atoms with Gasteiger partial charge in [-0.2, -0.15) is 0 Å². The highest BCUT2D eigenvalue weighted by molar-refractivity contribution is 6.35. The molecule has 0 spiro atoms. The number of nitrogens with two attached hydrogens (primary N) is 1. The molecule has 4 N–H and O–H groups in total. The van der Waals surface area contributed by atoms with E-state index in [0.29, 0.717) is 5.02 Å². The van der Waals surface area contributed by atoms with Crippen LogP contribution in [0.15, 0.2) is 24.4 Å². The molecule has 0 aliphatic heterocycles. The maximum absolute atomic E-state index is 10.7. The zero-order chi connectivity index (χ0) is 13.7. The highest BCUT2D eigenvalue weighted by atomic mass is 35.5. The second-order valence-electron chi connectivity index (χ2n) is 3.63. The lowest BCUT2D eigenvalue weighted by atomic mass is 10.1. The van der Waals surface area contributed by atoms with Gasteiger partial charge >= 0.3 is 5.97 Å². The summed E-state index contributed by atoms with van der Waals surface area (Å²) in [4.78, 5) is 13.7.